The lowest BCUT2D eigenvalue weighted by molar-refractivity contribution is -0.121. The van der Waals surface area contributed by atoms with Gasteiger partial charge in [-0.2, -0.15) is 0 Å². The van der Waals surface area contributed by atoms with Crippen molar-refractivity contribution in [3.63, 3.8) is 0 Å². The summed E-state index contributed by atoms with van der Waals surface area (Å²) in [5.74, 6) is 0.404. The van der Waals surface area contributed by atoms with E-state index in [4.69, 9.17) is 0 Å². The van der Waals surface area contributed by atoms with Crippen molar-refractivity contribution in [1.82, 2.24) is 10.3 Å². The first kappa shape index (κ1) is 15.2. The maximum absolute atomic E-state index is 11.7. The normalized spacial score (nSPS) is 11.9. The minimum absolute atomic E-state index is 0.129. The first-order valence-electron chi connectivity index (χ1n) is 7.50. The van der Waals surface area contributed by atoms with Crippen LogP contribution in [0.2, 0.25) is 0 Å². The summed E-state index contributed by atoms with van der Waals surface area (Å²) < 4.78 is 0. The Bertz CT molecular complexity index is 540. The van der Waals surface area contributed by atoms with Crippen LogP contribution >= 0.6 is 0 Å². The Morgan fingerprint density at radius 2 is 2.00 bits per heavy atom. The summed E-state index contributed by atoms with van der Waals surface area (Å²) in [5, 5.41) is 3.04. The van der Waals surface area contributed by atoms with Crippen LogP contribution in [-0.2, 0) is 11.2 Å². The zero-order valence-corrected chi connectivity index (χ0v) is 12.5. The van der Waals surface area contributed by atoms with Crippen LogP contribution in [0.1, 0.15) is 36.8 Å². The molecule has 0 aliphatic carbocycles. The number of carbonyl (C=O) groups excluding carboxylic acids is 1. The van der Waals surface area contributed by atoms with Crippen LogP contribution in [0.4, 0.5) is 0 Å². The first-order chi connectivity index (χ1) is 10.3. The minimum Gasteiger partial charge on any atom is -0.355 e. The molecule has 3 nitrogen and oxygen atoms in total. The molecule has 0 spiro atoms. The molecule has 0 bridgehead atoms. The highest BCUT2D eigenvalue weighted by molar-refractivity contribution is 5.75. The summed E-state index contributed by atoms with van der Waals surface area (Å²) in [6.07, 6.45) is 6.02. The van der Waals surface area contributed by atoms with E-state index < -0.39 is 0 Å². The largest absolute Gasteiger partial charge is 0.355 e. The number of nitrogens with one attached hydrogen (secondary N) is 1. The highest BCUT2D eigenvalue weighted by atomic mass is 16.1. The number of hydrogen-bond acceptors (Lipinski definition) is 2. The number of amides is 1. The van der Waals surface area contributed by atoms with Gasteiger partial charge in [0.25, 0.3) is 0 Å². The highest BCUT2D eigenvalue weighted by Crippen LogP contribution is 2.19. The Balaban J connectivity index is 2.06. The van der Waals surface area contributed by atoms with Crippen LogP contribution in [0.3, 0.4) is 0 Å². The molecule has 0 saturated carbocycles. The van der Waals surface area contributed by atoms with Crippen molar-refractivity contribution >= 4 is 5.91 Å². The number of carbonyl (C=O) groups is 1. The van der Waals surface area contributed by atoms with E-state index in [1.54, 1.807) is 6.20 Å². The van der Waals surface area contributed by atoms with E-state index in [1.807, 2.05) is 37.4 Å². The third-order valence-corrected chi connectivity index (χ3v) is 3.50. The number of benzene rings is 1. The highest BCUT2D eigenvalue weighted by Gasteiger charge is 2.13. The molecule has 21 heavy (non-hydrogen) atoms. The predicted octanol–water partition coefficient (Wildman–Crippen LogP) is 3.32. The average Bonchev–Trinajstić information content (AvgIpc) is 2.53. The maximum atomic E-state index is 11.7. The molecule has 3 heteroatoms. The van der Waals surface area contributed by atoms with Crippen molar-refractivity contribution in [2.45, 2.75) is 32.1 Å². The van der Waals surface area contributed by atoms with Crippen LogP contribution in [0.15, 0.2) is 54.9 Å². The monoisotopic (exact) mass is 282 g/mol. The molecule has 1 heterocycles. The lowest BCUT2D eigenvalue weighted by atomic mass is 9.92. The van der Waals surface area contributed by atoms with E-state index in [-0.39, 0.29) is 11.8 Å². The molecule has 0 saturated heterocycles. The van der Waals surface area contributed by atoms with Gasteiger partial charge in [-0.25, -0.2) is 0 Å². The third kappa shape index (κ3) is 5.03. The van der Waals surface area contributed by atoms with Crippen LogP contribution in [0, 0.1) is 0 Å². The summed E-state index contributed by atoms with van der Waals surface area (Å²) in [7, 11) is 0. The number of hydrogen-bond donors (Lipinski definition) is 1. The van der Waals surface area contributed by atoms with E-state index in [0.29, 0.717) is 13.0 Å². The molecule has 0 radical (unpaired) electrons. The molecular weight excluding hydrogens is 260 g/mol. The predicted molar refractivity (Wildman–Crippen MR) is 85.0 cm³/mol. The van der Waals surface area contributed by atoms with E-state index >= 15 is 0 Å². The number of rotatable bonds is 7. The second kappa shape index (κ2) is 8.20. The van der Waals surface area contributed by atoms with Crippen molar-refractivity contribution in [3.8, 4) is 0 Å². The van der Waals surface area contributed by atoms with Gasteiger partial charge < -0.3 is 5.32 Å². The van der Waals surface area contributed by atoms with Gasteiger partial charge in [0.1, 0.15) is 0 Å². The molecule has 1 aromatic carbocycles. The average molecular weight is 282 g/mol. The fraction of sp³-hybridized carbons (Fsp3) is 0.333. The first-order valence-corrected chi connectivity index (χ1v) is 7.50. The van der Waals surface area contributed by atoms with Gasteiger partial charge in [0.15, 0.2) is 0 Å². The van der Waals surface area contributed by atoms with E-state index in [0.717, 1.165) is 12.8 Å². The summed E-state index contributed by atoms with van der Waals surface area (Å²) >= 11 is 0. The topological polar surface area (TPSA) is 42.0 Å². The van der Waals surface area contributed by atoms with Gasteiger partial charge >= 0.3 is 0 Å². The van der Waals surface area contributed by atoms with E-state index in [9.17, 15) is 4.79 Å². The van der Waals surface area contributed by atoms with Crippen molar-refractivity contribution in [2.75, 3.05) is 6.54 Å². The molecule has 0 aliphatic heterocycles. The van der Waals surface area contributed by atoms with Gasteiger partial charge in [-0.15, -0.1) is 0 Å². The third-order valence-electron chi connectivity index (χ3n) is 3.50. The molecule has 1 amide bonds. The Kier molecular flexibility index (Phi) is 5.95. The van der Waals surface area contributed by atoms with E-state index in [1.165, 1.54) is 11.1 Å². The zero-order valence-electron chi connectivity index (χ0n) is 12.5. The van der Waals surface area contributed by atoms with Crippen LogP contribution < -0.4 is 5.32 Å². The molecule has 1 atom stereocenters. The Hall–Kier alpha value is -2.16. The van der Waals surface area contributed by atoms with Gasteiger partial charge in [0.05, 0.1) is 0 Å². The van der Waals surface area contributed by atoms with Gasteiger partial charge in [-0.05, 0) is 30.0 Å². The minimum atomic E-state index is 0.129. The molecule has 2 aromatic rings. The quantitative estimate of drug-likeness (QED) is 0.846. The van der Waals surface area contributed by atoms with Gasteiger partial charge in [-0.3, -0.25) is 9.78 Å². The van der Waals surface area contributed by atoms with E-state index in [2.05, 4.69) is 28.5 Å². The van der Waals surface area contributed by atoms with Crippen molar-refractivity contribution < 1.29 is 4.79 Å². The lowest BCUT2D eigenvalue weighted by Gasteiger charge is -2.18. The molecule has 2 rings (SSSR count). The van der Waals surface area contributed by atoms with Gasteiger partial charge in [-0.1, -0.05) is 43.3 Å². The Morgan fingerprint density at radius 1 is 1.19 bits per heavy atom. The summed E-state index contributed by atoms with van der Waals surface area (Å²) in [5.41, 5.74) is 2.44. The zero-order chi connectivity index (χ0) is 14.9. The van der Waals surface area contributed by atoms with Crippen LogP contribution in [0.5, 0.6) is 0 Å². The lowest BCUT2D eigenvalue weighted by Crippen LogP contribution is -2.29. The van der Waals surface area contributed by atoms with Gasteiger partial charge in [0.2, 0.25) is 5.91 Å². The molecule has 110 valence electrons. The number of nitrogens with zero attached hydrogens (tertiary/aromatic N) is 1. The summed E-state index contributed by atoms with van der Waals surface area (Å²) in [6.45, 7) is 2.68. The smallest absolute Gasteiger partial charge is 0.220 e. The fourth-order valence-corrected chi connectivity index (χ4v) is 2.39. The molecular formula is C18H22N2O. The number of pyridine rings is 1. The molecule has 0 aliphatic rings. The molecule has 1 aromatic heterocycles. The Labute approximate surface area is 126 Å². The number of aromatic nitrogens is 1. The Morgan fingerprint density at radius 3 is 2.67 bits per heavy atom. The van der Waals surface area contributed by atoms with Crippen molar-refractivity contribution in [2.24, 2.45) is 0 Å². The summed E-state index contributed by atoms with van der Waals surface area (Å²) in [4.78, 5) is 15.9. The summed E-state index contributed by atoms with van der Waals surface area (Å²) in [6, 6.07) is 14.4. The van der Waals surface area contributed by atoms with Gasteiger partial charge in [0, 0.05) is 31.3 Å². The standard InChI is InChI=1S/C18H22N2O/c1-2-7-18(21)20-14-17(16-9-4-3-5-10-16)12-15-8-6-11-19-13-15/h3-6,8-11,13,17H,2,7,12,14H2,1H3,(H,20,21). The van der Waals surface area contributed by atoms with Crippen molar-refractivity contribution in [3.05, 3.63) is 66.0 Å². The maximum Gasteiger partial charge on any atom is 0.220 e. The SMILES string of the molecule is CCCC(=O)NCC(Cc1cccnc1)c1ccccc1. The fourth-order valence-electron chi connectivity index (χ4n) is 2.39. The second-order valence-corrected chi connectivity index (χ2v) is 5.23. The molecule has 1 N–H and O–H groups in total. The van der Waals surface area contributed by atoms with Crippen LogP contribution in [0.25, 0.3) is 0 Å². The second-order valence-electron chi connectivity index (χ2n) is 5.23. The molecule has 0 fully saturated rings. The van der Waals surface area contributed by atoms with Crippen molar-refractivity contribution in [1.29, 1.82) is 0 Å². The molecule has 1 unspecified atom stereocenters. The van der Waals surface area contributed by atoms with Crippen LogP contribution in [-0.4, -0.2) is 17.4 Å².